The lowest BCUT2D eigenvalue weighted by Crippen LogP contribution is -2.19. The second kappa shape index (κ2) is 18.5. The monoisotopic (exact) mass is 634 g/mol. The molecule has 1 aliphatic carbocycles. The van der Waals surface area contributed by atoms with Crippen molar-refractivity contribution in [3.05, 3.63) is 65.0 Å². The van der Waals surface area contributed by atoms with Gasteiger partial charge in [-0.15, -0.1) is 0 Å². The summed E-state index contributed by atoms with van der Waals surface area (Å²) < 4.78 is 27.2. The van der Waals surface area contributed by atoms with Gasteiger partial charge in [-0.05, 0) is 79.3 Å². The van der Waals surface area contributed by atoms with Gasteiger partial charge in [0.2, 0.25) is 0 Å². The third-order valence-electron chi connectivity index (χ3n) is 8.92. The summed E-state index contributed by atoms with van der Waals surface area (Å²) in [6, 6.07) is 9.55. The summed E-state index contributed by atoms with van der Waals surface area (Å²) in [5, 5.41) is 0. The van der Waals surface area contributed by atoms with Crippen molar-refractivity contribution in [3.63, 3.8) is 0 Å². The highest BCUT2D eigenvalue weighted by Crippen LogP contribution is 2.40. The number of halogens is 1. The molecule has 1 unspecified atom stereocenters. The highest BCUT2D eigenvalue weighted by atomic mass is 19.1. The molecule has 2 aromatic carbocycles. The number of aliphatic imine (C=N–C) groups is 2. The van der Waals surface area contributed by atoms with E-state index in [1.807, 2.05) is 39.0 Å². The first-order valence-corrected chi connectivity index (χ1v) is 16.9. The minimum Gasteiger partial charge on any atom is -0.492 e. The summed E-state index contributed by atoms with van der Waals surface area (Å²) in [5.41, 5.74) is 16.8. The van der Waals surface area contributed by atoms with Crippen LogP contribution in [0.15, 0.2) is 52.5 Å². The van der Waals surface area contributed by atoms with Gasteiger partial charge in [0, 0.05) is 28.5 Å². The molecule has 0 aliphatic heterocycles. The number of hydrogen-bond donors (Lipinski definition) is 2. The minimum atomic E-state index is -0.247. The van der Waals surface area contributed by atoms with E-state index in [0.717, 1.165) is 35.4 Å². The Morgan fingerprint density at radius 1 is 1.02 bits per heavy atom. The molecule has 1 atom stereocenters. The van der Waals surface area contributed by atoms with Crippen LogP contribution in [0.25, 0.3) is 11.1 Å². The molecule has 252 valence electrons. The number of nitrogens with two attached hydrogens (primary N) is 2. The Hall–Kier alpha value is -3.68. The Bertz CT molecular complexity index is 1360. The van der Waals surface area contributed by atoms with Crippen LogP contribution in [0.3, 0.4) is 0 Å². The maximum atomic E-state index is 16.0. The van der Waals surface area contributed by atoms with E-state index >= 15 is 4.39 Å². The zero-order chi connectivity index (χ0) is 33.6. The fourth-order valence-corrected chi connectivity index (χ4v) is 5.96. The van der Waals surface area contributed by atoms with Crippen molar-refractivity contribution in [1.29, 1.82) is 0 Å². The highest BCUT2D eigenvalue weighted by Gasteiger charge is 2.24. The summed E-state index contributed by atoms with van der Waals surface area (Å²) in [6.45, 7) is 15.2. The first kappa shape index (κ1) is 36.8. The summed E-state index contributed by atoms with van der Waals surface area (Å²) in [4.78, 5) is 19.9. The van der Waals surface area contributed by atoms with E-state index in [-0.39, 0.29) is 37.3 Å². The lowest BCUT2D eigenvalue weighted by atomic mass is 9.77. The van der Waals surface area contributed by atoms with E-state index in [1.54, 1.807) is 13.0 Å². The van der Waals surface area contributed by atoms with Gasteiger partial charge < -0.3 is 20.9 Å². The molecule has 1 saturated carbocycles. The third kappa shape index (κ3) is 11.0. The van der Waals surface area contributed by atoms with E-state index in [1.165, 1.54) is 38.5 Å². The van der Waals surface area contributed by atoms with E-state index in [9.17, 15) is 4.79 Å². The molecule has 0 aromatic heterocycles. The summed E-state index contributed by atoms with van der Waals surface area (Å²) >= 11 is 0. The molecule has 8 heteroatoms. The number of carbonyl (C=O) groups is 1. The van der Waals surface area contributed by atoms with Crippen LogP contribution >= 0.6 is 0 Å². The SMILES string of the molecule is C=C(C)C(N)=NCc1cc(-c2ccc(C3CCC(CCCCC)CC3)cc2F)cc(CN=C(N)C(C)C)c1OCC(C)COC=O. The van der Waals surface area contributed by atoms with Gasteiger partial charge in [-0.2, -0.15) is 0 Å². The number of nitrogens with zero attached hydrogens (tertiary/aromatic N) is 2. The van der Waals surface area contributed by atoms with Crippen molar-refractivity contribution >= 4 is 18.1 Å². The fraction of sp³-hybridized carbons (Fsp3) is 0.553. The molecule has 0 bridgehead atoms. The molecule has 0 saturated heterocycles. The quantitative estimate of drug-likeness (QED) is 0.0739. The summed E-state index contributed by atoms with van der Waals surface area (Å²) in [7, 11) is 0. The molecule has 2 aromatic rings. The second-order valence-electron chi connectivity index (χ2n) is 13.3. The van der Waals surface area contributed by atoms with Gasteiger partial charge in [0.05, 0.1) is 32.1 Å². The molecule has 0 spiro atoms. The van der Waals surface area contributed by atoms with E-state index < -0.39 is 0 Å². The smallest absolute Gasteiger partial charge is 0.293 e. The molecular formula is C38H55FN4O3. The Morgan fingerprint density at radius 3 is 2.28 bits per heavy atom. The van der Waals surface area contributed by atoms with E-state index in [0.29, 0.717) is 53.1 Å². The van der Waals surface area contributed by atoms with Gasteiger partial charge in [0.1, 0.15) is 17.4 Å². The van der Waals surface area contributed by atoms with Crippen LogP contribution in [0.5, 0.6) is 5.75 Å². The van der Waals surface area contributed by atoms with Gasteiger partial charge in [0.15, 0.2) is 0 Å². The van der Waals surface area contributed by atoms with Crippen molar-refractivity contribution in [2.24, 2.45) is 39.2 Å². The number of carbonyl (C=O) groups excluding carboxylic acids is 1. The van der Waals surface area contributed by atoms with E-state index in [2.05, 4.69) is 29.6 Å². The number of ether oxygens (including phenoxy) is 2. The van der Waals surface area contributed by atoms with Crippen LogP contribution in [-0.2, 0) is 22.6 Å². The first-order chi connectivity index (χ1) is 22.0. The topological polar surface area (TPSA) is 112 Å². The molecule has 1 fully saturated rings. The molecule has 4 N–H and O–H groups in total. The zero-order valence-corrected chi connectivity index (χ0v) is 28.6. The van der Waals surface area contributed by atoms with E-state index in [4.69, 9.17) is 20.9 Å². The van der Waals surface area contributed by atoms with Gasteiger partial charge >= 0.3 is 0 Å². The molecule has 1 aliphatic rings. The lowest BCUT2D eigenvalue weighted by molar-refractivity contribution is -0.130. The average molecular weight is 635 g/mol. The Balaban J connectivity index is 1.98. The predicted molar refractivity (Wildman–Crippen MR) is 188 cm³/mol. The van der Waals surface area contributed by atoms with Gasteiger partial charge in [0.25, 0.3) is 6.47 Å². The fourth-order valence-electron chi connectivity index (χ4n) is 5.96. The maximum Gasteiger partial charge on any atom is 0.293 e. The van der Waals surface area contributed by atoms with Crippen LogP contribution < -0.4 is 16.2 Å². The highest BCUT2D eigenvalue weighted by molar-refractivity contribution is 5.95. The predicted octanol–water partition coefficient (Wildman–Crippen LogP) is 8.48. The summed E-state index contributed by atoms with van der Waals surface area (Å²) in [5.74, 6) is 2.41. The van der Waals surface area contributed by atoms with Crippen molar-refractivity contribution in [2.45, 2.75) is 105 Å². The number of amidine groups is 2. The number of rotatable bonds is 18. The largest absolute Gasteiger partial charge is 0.492 e. The molecule has 7 nitrogen and oxygen atoms in total. The standard InChI is InChI=1S/C38H55FN4O3/c1-7-8-9-10-28-11-13-29(14-12-28)30-15-16-34(35(39)19-30)31-17-32(20-42-37(40)25(2)3)36(46-23-27(6)22-45-24-44)33(18-31)21-43-38(41)26(4)5/h15-19,24,26-29H,2,7-14,20-23H2,1,3-6H3,(H2,40,42)(H2,41,43). The van der Waals surface area contributed by atoms with Crippen molar-refractivity contribution < 1.29 is 18.7 Å². The van der Waals surface area contributed by atoms with Gasteiger partial charge in [-0.1, -0.05) is 72.1 Å². The van der Waals surface area contributed by atoms with Gasteiger partial charge in [-0.25, -0.2) is 4.39 Å². The van der Waals surface area contributed by atoms with Gasteiger partial charge in [-0.3, -0.25) is 14.8 Å². The van der Waals surface area contributed by atoms with Crippen LogP contribution in [0.4, 0.5) is 4.39 Å². The van der Waals surface area contributed by atoms with Crippen LogP contribution in [-0.4, -0.2) is 31.4 Å². The van der Waals surface area contributed by atoms with Crippen molar-refractivity contribution in [2.75, 3.05) is 13.2 Å². The number of unbranched alkanes of at least 4 members (excludes halogenated alkanes) is 2. The Kier molecular flexibility index (Phi) is 14.8. The second-order valence-corrected chi connectivity index (χ2v) is 13.3. The molecular weight excluding hydrogens is 579 g/mol. The normalized spacial score (nSPS) is 18.0. The maximum absolute atomic E-state index is 16.0. The van der Waals surface area contributed by atoms with Crippen molar-refractivity contribution in [1.82, 2.24) is 0 Å². The van der Waals surface area contributed by atoms with Crippen LogP contribution in [0.2, 0.25) is 0 Å². The van der Waals surface area contributed by atoms with Crippen LogP contribution in [0, 0.1) is 23.6 Å². The van der Waals surface area contributed by atoms with Crippen LogP contribution in [0.1, 0.15) is 109 Å². The minimum absolute atomic E-state index is 0.0600. The molecule has 0 heterocycles. The molecule has 3 rings (SSSR count). The third-order valence-corrected chi connectivity index (χ3v) is 8.92. The Labute approximate surface area is 275 Å². The molecule has 0 amide bonds. The summed E-state index contributed by atoms with van der Waals surface area (Å²) in [6.07, 6.45) is 9.87. The first-order valence-electron chi connectivity index (χ1n) is 16.9. The average Bonchev–Trinajstić information content (AvgIpc) is 3.04. The molecule has 0 radical (unpaired) electrons. The Morgan fingerprint density at radius 2 is 1.70 bits per heavy atom. The van der Waals surface area contributed by atoms with Crippen molar-refractivity contribution in [3.8, 4) is 16.9 Å². The lowest BCUT2D eigenvalue weighted by Gasteiger charge is -2.29. The number of benzene rings is 2. The molecule has 46 heavy (non-hydrogen) atoms. The zero-order valence-electron chi connectivity index (χ0n) is 28.6. The number of hydrogen-bond acceptors (Lipinski definition) is 5.